The molecule has 0 saturated carbocycles. The molecule has 0 saturated heterocycles. The first-order chi connectivity index (χ1) is 12.2. The summed E-state index contributed by atoms with van der Waals surface area (Å²) in [6.45, 7) is 0.220. The van der Waals surface area contributed by atoms with Gasteiger partial charge >= 0.3 is 6.18 Å². The zero-order valence-electron chi connectivity index (χ0n) is 14.2. The average Bonchev–Trinajstić information content (AvgIpc) is 2.97. The minimum atomic E-state index is -4.66. The number of rotatable bonds is 4. The van der Waals surface area contributed by atoms with Gasteiger partial charge in [-0.15, -0.1) is 0 Å². The van der Waals surface area contributed by atoms with Gasteiger partial charge in [-0.1, -0.05) is 17.7 Å². The van der Waals surface area contributed by atoms with Gasteiger partial charge in [-0.25, -0.2) is 15.0 Å². The maximum atomic E-state index is 13.2. The van der Waals surface area contributed by atoms with Gasteiger partial charge in [-0.3, -0.25) is 0 Å². The van der Waals surface area contributed by atoms with E-state index >= 15 is 0 Å². The molecule has 0 N–H and O–H groups in total. The Hall–Kier alpha value is -2.55. The summed E-state index contributed by atoms with van der Waals surface area (Å²) in [5.41, 5.74) is 1.11. The summed E-state index contributed by atoms with van der Waals surface area (Å²) in [5.74, 6) is -0.583. The molecule has 0 aliphatic carbocycles. The van der Waals surface area contributed by atoms with E-state index in [-0.39, 0.29) is 23.5 Å². The number of imidazole rings is 1. The van der Waals surface area contributed by atoms with Gasteiger partial charge in [-0.05, 0) is 12.1 Å². The number of methoxy groups -OCH3 is 1. The zero-order chi connectivity index (χ0) is 19.1. The minimum Gasteiger partial charge on any atom is -0.496 e. The third-order valence-corrected chi connectivity index (χ3v) is 3.95. The molecule has 0 radical (unpaired) electrons. The predicted molar refractivity (Wildman–Crippen MR) is 91.8 cm³/mol. The molecule has 138 valence electrons. The molecule has 2 heterocycles. The first kappa shape index (κ1) is 18.2. The summed E-state index contributed by atoms with van der Waals surface area (Å²) in [5, 5.41) is 0.498. The number of benzene rings is 1. The van der Waals surface area contributed by atoms with Crippen LogP contribution in [0.5, 0.6) is 5.75 Å². The van der Waals surface area contributed by atoms with Crippen LogP contribution < -0.4 is 9.64 Å². The highest BCUT2D eigenvalue weighted by molar-refractivity contribution is 6.30. The quantitative estimate of drug-likeness (QED) is 0.686. The normalized spacial score (nSPS) is 11.8. The van der Waals surface area contributed by atoms with Crippen LogP contribution in [0, 0.1) is 0 Å². The van der Waals surface area contributed by atoms with Crippen molar-refractivity contribution in [2.24, 2.45) is 0 Å². The van der Waals surface area contributed by atoms with E-state index in [4.69, 9.17) is 16.3 Å². The number of halogens is 4. The van der Waals surface area contributed by atoms with Gasteiger partial charge in [0.15, 0.2) is 17.0 Å². The van der Waals surface area contributed by atoms with Crippen LogP contribution >= 0.6 is 11.6 Å². The van der Waals surface area contributed by atoms with Gasteiger partial charge in [0, 0.05) is 24.7 Å². The van der Waals surface area contributed by atoms with Crippen LogP contribution in [0.15, 0.2) is 24.5 Å². The molecule has 0 unspecified atom stereocenters. The second-order valence-corrected chi connectivity index (χ2v) is 6.20. The first-order valence-corrected chi connectivity index (χ1v) is 7.88. The highest BCUT2D eigenvalue weighted by atomic mass is 35.5. The maximum absolute atomic E-state index is 13.2. The number of anilines is 1. The standard InChI is InChI=1S/C16H15ClF3N5O/c1-24(2)13-12-14(23-15(22-13)16(18,19)20)25(8-21-12)7-9-4-5-10(17)6-11(9)26-3/h4-6,8H,7H2,1-3H3. The molecule has 0 atom stereocenters. The maximum Gasteiger partial charge on any atom is 0.451 e. The molecule has 0 aliphatic heterocycles. The fourth-order valence-corrected chi connectivity index (χ4v) is 2.68. The van der Waals surface area contributed by atoms with Crippen molar-refractivity contribution in [2.75, 3.05) is 26.1 Å². The predicted octanol–water partition coefficient (Wildman–Crippen LogP) is 3.62. The topological polar surface area (TPSA) is 56.1 Å². The van der Waals surface area contributed by atoms with E-state index in [1.165, 1.54) is 22.9 Å². The first-order valence-electron chi connectivity index (χ1n) is 7.50. The molecule has 3 rings (SSSR count). The van der Waals surface area contributed by atoms with Gasteiger partial charge in [0.2, 0.25) is 5.82 Å². The second-order valence-electron chi connectivity index (χ2n) is 5.76. The second kappa shape index (κ2) is 6.64. The van der Waals surface area contributed by atoms with Crippen LogP contribution in [0.25, 0.3) is 11.2 Å². The van der Waals surface area contributed by atoms with Crippen molar-refractivity contribution in [3.8, 4) is 5.75 Å². The van der Waals surface area contributed by atoms with Crippen LogP contribution in [-0.4, -0.2) is 40.7 Å². The van der Waals surface area contributed by atoms with Crippen molar-refractivity contribution in [1.82, 2.24) is 19.5 Å². The summed E-state index contributed by atoms with van der Waals surface area (Å²) in [4.78, 5) is 13.0. The SMILES string of the molecule is COc1cc(Cl)ccc1Cn1cnc2c(N(C)C)nc(C(F)(F)F)nc21. The summed E-state index contributed by atoms with van der Waals surface area (Å²) in [6.07, 6.45) is -3.23. The van der Waals surface area contributed by atoms with Crippen molar-refractivity contribution >= 4 is 28.6 Å². The third kappa shape index (κ3) is 3.39. The zero-order valence-corrected chi connectivity index (χ0v) is 14.9. The minimum absolute atomic E-state index is 0.0908. The Morgan fingerprint density at radius 2 is 1.96 bits per heavy atom. The molecular weight excluding hydrogens is 371 g/mol. The summed E-state index contributed by atoms with van der Waals surface area (Å²) in [6, 6.07) is 5.06. The van der Waals surface area contributed by atoms with E-state index < -0.39 is 12.0 Å². The fourth-order valence-electron chi connectivity index (χ4n) is 2.52. The van der Waals surface area contributed by atoms with E-state index in [0.29, 0.717) is 10.8 Å². The number of ether oxygens (including phenoxy) is 1. The Morgan fingerprint density at radius 1 is 1.23 bits per heavy atom. The van der Waals surface area contributed by atoms with E-state index in [9.17, 15) is 13.2 Å². The summed E-state index contributed by atoms with van der Waals surface area (Å²) in [7, 11) is 4.70. The molecule has 0 amide bonds. The van der Waals surface area contributed by atoms with E-state index in [1.807, 2.05) is 0 Å². The molecule has 0 bridgehead atoms. The summed E-state index contributed by atoms with van der Waals surface area (Å²) < 4.78 is 46.3. The van der Waals surface area contributed by atoms with Crippen molar-refractivity contribution in [3.05, 3.63) is 40.9 Å². The van der Waals surface area contributed by atoms with Crippen LogP contribution in [-0.2, 0) is 12.7 Å². The number of hydrogen-bond acceptors (Lipinski definition) is 5. The van der Waals surface area contributed by atoms with Gasteiger partial charge < -0.3 is 14.2 Å². The number of alkyl halides is 3. The number of hydrogen-bond donors (Lipinski definition) is 0. The van der Waals surface area contributed by atoms with Crippen LogP contribution in [0.1, 0.15) is 11.4 Å². The van der Waals surface area contributed by atoms with E-state index in [0.717, 1.165) is 5.56 Å². The Labute approximate surface area is 152 Å². The summed E-state index contributed by atoms with van der Waals surface area (Å²) >= 11 is 5.95. The molecule has 3 aromatic rings. The van der Waals surface area contributed by atoms with Crippen molar-refractivity contribution in [1.29, 1.82) is 0 Å². The fraction of sp³-hybridized carbons (Fsp3) is 0.312. The Kier molecular flexibility index (Phi) is 4.66. The smallest absolute Gasteiger partial charge is 0.451 e. The van der Waals surface area contributed by atoms with Crippen LogP contribution in [0.4, 0.5) is 19.0 Å². The lowest BCUT2D eigenvalue weighted by molar-refractivity contribution is -0.144. The molecule has 6 nitrogen and oxygen atoms in total. The molecule has 2 aromatic heterocycles. The largest absolute Gasteiger partial charge is 0.496 e. The van der Waals surface area contributed by atoms with E-state index in [1.54, 1.807) is 32.3 Å². The third-order valence-electron chi connectivity index (χ3n) is 3.71. The van der Waals surface area contributed by atoms with Crippen molar-refractivity contribution in [3.63, 3.8) is 0 Å². The Balaban J connectivity index is 2.14. The average molecular weight is 386 g/mol. The molecule has 10 heteroatoms. The Morgan fingerprint density at radius 3 is 2.58 bits per heavy atom. The Bertz CT molecular complexity index is 955. The van der Waals surface area contributed by atoms with Crippen LogP contribution in [0.3, 0.4) is 0 Å². The molecule has 26 heavy (non-hydrogen) atoms. The van der Waals surface area contributed by atoms with Gasteiger partial charge in [0.1, 0.15) is 5.75 Å². The lowest BCUT2D eigenvalue weighted by atomic mass is 10.2. The number of nitrogens with zero attached hydrogens (tertiary/aromatic N) is 5. The van der Waals surface area contributed by atoms with E-state index in [2.05, 4.69) is 15.0 Å². The van der Waals surface area contributed by atoms with Gasteiger partial charge in [-0.2, -0.15) is 13.2 Å². The van der Waals surface area contributed by atoms with Crippen LogP contribution in [0.2, 0.25) is 5.02 Å². The lowest BCUT2D eigenvalue weighted by Crippen LogP contribution is -2.18. The molecular formula is C16H15ClF3N5O. The number of fused-ring (bicyclic) bond motifs is 1. The number of aromatic nitrogens is 4. The van der Waals surface area contributed by atoms with Crippen molar-refractivity contribution in [2.45, 2.75) is 12.7 Å². The van der Waals surface area contributed by atoms with Gasteiger partial charge in [0.25, 0.3) is 0 Å². The van der Waals surface area contributed by atoms with Gasteiger partial charge in [0.05, 0.1) is 20.0 Å². The molecule has 0 spiro atoms. The molecule has 0 fully saturated rings. The lowest BCUT2D eigenvalue weighted by Gasteiger charge is -2.15. The molecule has 1 aromatic carbocycles. The highest BCUT2D eigenvalue weighted by Gasteiger charge is 2.36. The molecule has 0 aliphatic rings. The monoisotopic (exact) mass is 385 g/mol. The van der Waals surface area contributed by atoms with Crippen molar-refractivity contribution < 1.29 is 17.9 Å². The highest BCUT2D eigenvalue weighted by Crippen LogP contribution is 2.31.